The van der Waals surface area contributed by atoms with Crippen molar-refractivity contribution in [3.05, 3.63) is 42.2 Å². The molecule has 2 fully saturated rings. The molecule has 2 aliphatic heterocycles. The minimum absolute atomic E-state index is 0.0597. The van der Waals surface area contributed by atoms with E-state index in [4.69, 9.17) is 0 Å². The van der Waals surface area contributed by atoms with Gasteiger partial charge in [0.15, 0.2) is 0 Å². The molecular weight excluding hydrogens is 316 g/mol. The monoisotopic (exact) mass is 340 g/mol. The highest BCUT2D eigenvalue weighted by molar-refractivity contribution is 5.92. The van der Waals surface area contributed by atoms with E-state index in [1.54, 1.807) is 12.7 Å². The Bertz CT molecular complexity index is 746. The van der Waals surface area contributed by atoms with Crippen molar-refractivity contribution < 1.29 is 4.79 Å². The van der Waals surface area contributed by atoms with Gasteiger partial charge in [-0.05, 0) is 44.9 Å². The Balaban J connectivity index is 1.43. The molecule has 0 aromatic carbocycles. The van der Waals surface area contributed by atoms with E-state index in [-0.39, 0.29) is 5.91 Å². The van der Waals surface area contributed by atoms with Crippen molar-refractivity contribution in [2.45, 2.75) is 38.4 Å². The normalized spacial score (nSPS) is 26.6. The molecule has 2 aromatic rings. The molecule has 4 heterocycles. The van der Waals surface area contributed by atoms with Crippen molar-refractivity contribution in [1.82, 2.24) is 29.5 Å². The highest BCUT2D eigenvalue weighted by atomic mass is 16.2. The topological polar surface area (TPSA) is 67.2 Å². The second-order valence-corrected chi connectivity index (χ2v) is 7.20. The smallest absolute Gasteiger partial charge is 0.272 e. The molecule has 4 rings (SSSR count). The molecule has 0 saturated carbocycles. The van der Waals surface area contributed by atoms with Crippen molar-refractivity contribution in [2.24, 2.45) is 5.92 Å². The lowest BCUT2D eigenvalue weighted by Gasteiger charge is -2.37. The van der Waals surface area contributed by atoms with E-state index in [9.17, 15) is 4.79 Å². The summed E-state index contributed by atoms with van der Waals surface area (Å²) < 4.78 is 1.90. The number of hydrogen-bond donors (Lipinski definition) is 0. The molecule has 2 saturated heterocycles. The Morgan fingerprint density at radius 1 is 1.36 bits per heavy atom. The maximum Gasteiger partial charge on any atom is 0.272 e. The number of aromatic nitrogens is 4. The SMILES string of the molecule is Cc1cccc(C(=O)N2CC[C@H]3[C@H](C[C@@H](Cn4cncn4)N3C)C2)n1. The number of rotatable bonds is 3. The van der Waals surface area contributed by atoms with Crippen LogP contribution in [0.3, 0.4) is 0 Å². The second kappa shape index (κ2) is 6.55. The zero-order valence-electron chi connectivity index (χ0n) is 14.7. The number of hydrogen-bond acceptors (Lipinski definition) is 5. The molecular formula is C18H24N6O. The lowest BCUT2D eigenvalue weighted by atomic mass is 9.92. The van der Waals surface area contributed by atoms with Gasteiger partial charge in [0.25, 0.3) is 5.91 Å². The third-order valence-corrected chi connectivity index (χ3v) is 5.63. The van der Waals surface area contributed by atoms with Crippen LogP contribution in [0, 0.1) is 12.8 Å². The number of pyridine rings is 1. The molecule has 0 N–H and O–H groups in total. The molecule has 0 bridgehead atoms. The zero-order valence-corrected chi connectivity index (χ0v) is 14.7. The predicted octanol–water partition coefficient (Wildman–Crippen LogP) is 1.22. The van der Waals surface area contributed by atoms with Crippen LogP contribution in [0.25, 0.3) is 0 Å². The van der Waals surface area contributed by atoms with Gasteiger partial charge in [-0.1, -0.05) is 6.07 Å². The lowest BCUT2D eigenvalue weighted by Crippen LogP contribution is -2.48. The first-order chi connectivity index (χ1) is 12.1. The van der Waals surface area contributed by atoms with Crippen molar-refractivity contribution >= 4 is 5.91 Å². The standard InChI is InChI=1S/C18H24N6O/c1-13-4-3-5-16(21-13)18(25)23-7-6-17-14(9-23)8-15(22(17)2)10-24-12-19-11-20-24/h3-5,11-12,14-15,17H,6-10H2,1-2H3/t14-,15+,17+/m1/s1. The highest BCUT2D eigenvalue weighted by Crippen LogP contribution is 2.35. The van der Waals surface area contributed by atoms with Crippen molar-refractivity contribution in [1.29, 1.82) is 0 Å². The van der Waals surface area contributed by atoms with Crippen LogP contribution >= 0.6 is 0 Å². The van der Waals surface area contributed by atoms with Crippen molar-refractivity contribution in [3.8, 4) is 0 Å². The van der Waals surface area contributed by atoms with Gasteiger partial charge in [0.1, 0.15) is 18.3 Å². The fraction of sp³-hybridized carbons (Fsp3) is 0.556. The summed E-state index contributed by atoms with van der Waals surface area (Å²) in [5.41, 5.74) is 1.44. The van der Waals surface area contributed by atoms with Crippen LogP contribution in [0.15, 0.2) is 30.9 Å². The van der Waals surface area contributed by atoms with Crippen molar-refractivity contribution in [3.63, 3.8) is 0 Å². The summed E-state index contributed by atoms with van der Waals surface area (Å²) in [6.45, 7) is 4.40. The van der Waals surface area contributed by atoms with Crippen LogP contribution in [0.2, 0.25) is 0 Å². The number of carbonyl (C=O) groups excluding carboxylic acids is 1. The second-order valence-electron chi connectivity index (χ2n) is 7.20. The minimum Gasteiger partial charge on any atom is -0.337 e. The number of nitrogens with zero attached hydrogens (tertiary/aromatic N) is 6. The minimum atomic E-state index is 0.0597. The first kappa shape index (κ1) is 16.2. The Labute approximate surface area is 147 Å². The van der Waals surface area contributed by atoms with Crippen LogP contribution < -0.4 is 0 Å². The highest BCUT2D eigenvalue weighted by Gasteiger charge is 2.43. The number of piperidine rings is 1. The zero-order chi connectivity index (χ0) is 17.4. The number of fused-ring (bicyclic) bond motifs is 1. The molecule has 0 radical (unpaired) electrons. The Kier molecular flexibility index (Phi) is 4.25. The third-order valence-electron chi connectivity index (χ3n) is 5.63. The Hall–Kier alpha value is -2.28. The summed E-state index contributed by atoms with van der Waals surface area (Å²) in [4.78, 5) is 25.7. The van der Waals surface area contributed by atoms with Gasteiger partial charge in [-0.15, -0.1) is 0 Å². The third kappa shape index (κ3) is 3.16. The molecule has 0 spiro atoms. The number of amides is 1. The van der Waals surface area contributed by atoms with Gasteiger partial charge < -0.3 is 4.90 Å². The van der Waals surface area contributed by atoms with Gasteiger partial charge in [-0.25, -0.2) is 9.97 Å². The van der Waals surface area contributed by atoms with E-state index in [1.807, 2.05) is 34.7 Å². The molecule has 7 heteroatoms. The number of aryl methyl sites for hydroxylation is 1. The summed E-state index contributed by atoms with van der Waals surface area (Å²) in [5, 5.41) is 4.23. The van der Waals surface area contributed by atoms with Gasteiger partial charge in [0.05, 0.1) is 6.54 Å². The predicted molar refractivity (Wildman–Crippen MR) is 93.0 cm³/mol. The summed E-state index contributed by atoms with van der Waals surface area (Å²) in [6, 6.07) is 6.63. The molecule has 1 amide bonds. The fourth-order valence-electron chi connectivity index (χ4n) is 4.33. The van der Waals surface area contributed by atoms with Crippen LogP contribution in [0.4, 0.5) is 0 Å². The van der Waals surface area contributed by atoms with E-state index >= 15 is 0 Å². The number of carbonyl (C=O) groups is 1. The average molecular weight is 340 g/mol. The first-order valence-corrected chi connectivity index (χ1v) is 8.89. The largest absolute Gasteiger partial charge is 0.337 e. The quantitative estimate of drug-likeness (QED) is 0.840. The molecule has 7 nitrogen and oxygen atoms in total. The van der Waals surface area contributed by atoms with Crippen LogP contribution in [-0.2, 0) is 6.54 Å². The molecule has 2 aromatic heterocycles. The average Bonchev–Trinajstić information content (AvgIpc) is 3.23. The summed E-state index contributed by atoms with van der Waals surface area (Å²) >= 11 is 0. The van der Waals surface area contributed by atoms with Crippen molar-refractivity contribution in [2.75, 3.05) is 20.1 Å². The van der Waals surface area contributed by atoms with Gasteiger partial charge in [0.2, 0.25) is 0 Å². The van der Waals surface area contributed by atoms with E-state index in [0.29, 0.717) is 23.7 Å². The Morgan fingerprint density at radius 2 is 2.24 bits per heavy atom. The molecule has 2 aliphatic rings. The molecule has 3 atom stereocenters. The maximum atomic E-state index is 12.8. The van der Waals surface area contributed by atoms with Gasteiger partial charge in [-0.3, -0.25) is 14.4 Å². The molecule has 0 aliphatic carbocycles. The maximum absolute atomic E-state index is 12.8. The molecule has 0 unspecified atom stereocenters. The number of likely N-dealkylation sites (tertiary alicyclic amines) is 2. The van der Waals surface area contributed by atoms with Gasteiger partial charge >= 0.3 is 0 Å². The van der Waals surface area contributed by atoms with Crippen LogP contribution in [-0.4, -0.2) is 67.7 Å². The summed E-state index contributed by atoms with van der Waals surface area (Å²) in [5.74, 6) is 0.575. The van der Waals surface area contributed by atoms with E-state index in [1.165, 1.54) is 0 Å². The lowest BCUT2D eigenvalue weighted by molar-refractivity contribution is 0.0601. The van der Waals surface area contributed by atoms with Gasteiger partial charge in [0, 0.05) is 30.9 Å². The molecule has 25 heavy (non-hydrogen) atoms. The van der Waals surface area contributed by atoms with Crippen LogP contribution in [0.5, 0.6) is 0 Å². The summed E-state index contributed by atoms with van der Waals surface area (Å²) in [7, 11) is 2.20. The Morgan fingerprint density at radius 3 is 3.00 bits per heavy atom. The van der Waals surface area contributed by atoms with E-state index in [2.05, 4.69) is 27.0 Å². The first-order valence-electron chi connectivity index (χ1n) is 8.89. The van der Waals surface area contributed by atoms with E-state index < -0.39 is 0 Å². The van der Waals surface area contributed by atoms with Gasteiger partial charge in [-0.2, -0.15) is 5.10 Å². The van der Waals surface area contributed by atoms with Crippen LogP contribution in [0.1, 0.15) is 29.0 Å². The fourth-order valence-corrected chi connectivity index (χ4v) is 4.33. The number of likely N-dealkylation sites (N-methyl/N-ethyl adjacent to an activating group) is 1. The van der Waals surface area contributed by atoms with E-state index in [0.717, 1.165) is 38.2 Å². The summed E-state index contributed by atoms with van der Waals surface area (Å²) in [6.07, 6.45) is 5.46. The molecule has 132 valence electrons.